The third-order valence-corrected chi connectivity index (χ3v) is 6.70. The predicted molar refractivity (Wildman–Crippen MR) is 105 cm³/mol. The van der Waals surface area contributed by atoms with E-state index in [2.05, 4.69) is 24.6 Å². The zero-order valence-corrected chi connectivity index (χ0v) is 17.9. The molecular formula is C19H26N3O5Si. The largest absolute Gasteiger partial charge is 0.460 e. The van der Waals surface area contributed by atoms with Crippen molar-refractivity contribution >= 4 is 31.0 Å². The van der Waals surface area contributed by atoms with Crippen LogP contribution in [-0.2, 0) is 20.1 Å². The summed E-state index contributed by atoms with van der Waals surface area (Å²) < 4.78 is 11.5. The van der Waals surface area contributed by atoms with Crippen LogP contribution >= 0.6 is 0 Å². The highest BCUT2D eigenvalue weighted by atomic mass is 28.3. The van der Waals surface area contributed by atoms with Gasteiger partial charge in [0.2, 0.25) is 5.91 Å². The average molecular weight is 405 g/mol. The smallest absolute Gasteiger partial charge is 0.328 e. The van der Waals surface area contributed by atoms with Gasteiger partial charge in [-0.2, -0.15) is 0 Å². The van der Waals surface area contributed by atoms with E-state index in [0.29, 0.717) is 23.3 Å². The number of amides is 3. The number of hydrogen-bond donors (Lipinski definition) is 0. The molecule has 0 N–H and O–H groups in total. The van der Waals surface area contributed by atoms with E-state index >= 15 is 0 Å². The number of nitrogens with zero attached hydrogens (tertiary/aromatic N) is 3. The van der Waals surface area contributed by atoms with E-state index in [9.17, 15) is 14.7 Å². The van der Waals surface area contributed by atoms with Crippen molar-refractivity contribution in [2.75, 3.05) is 26.9 Å². The summed E-state index contributed by atoms with van der Waals surface area (Å²) in [5.74, 6) is -0.470. The maximum atomic E-state index is 13.2. The molecule has 28 heavy (non-hydrogen) atoms. The highest BCUT2D eigenvalue weighted by Gasteiger charge is 2.49. The summed E-state index contributed by atoms with van der Waals surface area (Å²) in [4.78, 5) is 32.1. The SMILES string of the molecule is CN1CC(C)(c2cc3c([O])nccc3o2)C(=O)N(COCC[Si](C)(C)C)C1=O. The molecule has 0 aromatic carbocycles. The van der Waals surface area contributed by atoms with Crippen LogP contribution in [0.25, 0.3) is 11.0 Å². The molecule has 0 spiro atoms. The average Bonchev–Trinajstić information content (AvgIpc) is 3.05. The molecular weight excluding hydrogens is 378 g/mol. The molecule has 1 fully saturated rings. The molecule has 2 aromatic rings. The number of carbonyl (C=O) groups is 2. The number of furan rings is 1. The van der Waals surface area contributed by atoms with Gasteiger partial charge in [0.1, 0.15) is 23.5 Å². The number of aromatic nitrogens is 1. The number of fused-ring (bicyclic) bond motifs is 1. The first-order chi connectivity index (χ1) is 13.0. The number of likely N-dealkylation sites (N-methyl/N-ethyl adjacent to an activating group) is 1. The quantitative estimate of drug-likeness (QED) is 0.543. The Morgan fingerprint density at radius 2 is 2.04 bits per heavy atom. The van der Waals surface area contributed by atoms with Gasteiger partial charge < -0.3 is 14.1 Å². The third-order valence-electron chi connectivity index (χ3n) is 5.00. The number of rotatable bonds is 6. The first kappa shape index (κ1) is 20.3. The topological polar surface area (TPSA) is 95.8 Å². The van der Waals surface area contributed by atoms with Gasteiger partial charge in [-0.1, -0.05) is 19.6 Å². The van der Waals surface area contributed by atoms with Crippen LogP contribution in [0.2, 0.25) is 25.7 Å². The number of hydrogen-bond acceptors (Lipinski definition) is 5. The second kappa shape index (κ2) is 7.21. The van der Waals surface area contributed by atoms with Gasteiger partial charge in [0.15, 0.2) is 0 Å². The summed E-state index contributed by atoms with van der Waals surface area (Å²) in [7, 11) is 0.359. The summed E-state index contributed by atoms with van der Waals surface area (Å²) in [5.41, 5.74) is -0.738. The number of ether oxygens (including phenoxy) is 1. The van der Waals surface area contributed by atoms with E-state index in [4.69, 9.17) is 9.15 Å². The number of carbonyl (C=O) groups excluding carboxylic acids is 2. The zero-order valence-electron chi connectivity index (χ0n) is 16.9. The van der Waals surface area contributed by atoms with Crippen LogP contribution < -0.4 is 0 Å². The van der Waals surface area contributed by atoms with Crippen LogP contribution in [-0.4, -0.2) is 61.7 Å². The Labute approximate surface area is 165 Å². The standard InChI is InChI=1S/C19H26N3O5Si/c1-19(15-10-13-14(27-15)6-7-20-16(13)23)11-21(2)18(25)22(17(19)24)12-26-8-9-28(3,4)5/h6-7,10H,8-9,11-12H2,1-5H3. The van der Waals surface area contributed by atoms with E-state index in [1.807, 2.05) is 0 Å². The van der Waals surface area contributed by atoms with Crippen LogP contribution in [0.1, 0.15) is 12.7 Å². The first-order valence-corrected chi connectivity index (χ1v) is 12.9. The predicted octanol–water partition coefficient (Wildman–Crippen LogP) is 3.44. The van der Waals surface area contributed by atoms with Crippen molar-refractivity contribution in [2.24, 2.45) is 0 Å². The molecule has 0 bridgehead atoms. The molecule has 1 aliphatic heterocycles. The Bertz CT molecular complexity index is 907. The summed E-state index contributed by atoms with van der Waals surface area (Å²) in [6.45, 7) is 8.97. The minimum atomic E-state index is -1.27. The van der Waals surface area contributed by atoms with Crippen molar-refractivity contribution in [1.82, 2.24) is 14.8 Å². The zero-order chi connectivity index (χ0) is 20.7. The molecule has 3 amide bonds. The number of urea groups is 1. The van der Waals surface area contributed by atoms with Crippen LogP contribution in [0.4, 0.5) is 4.79 Å². The Morgan fingerprint density at radius 3 is 2.68 bits per heavy atom. The lowest BCUT2D eigenvalue weighted by atomic mass is 9.84. The molecule has 1 saturated heterocycles. The minimum absolute atomic E-state index is 0.101. The lowest BCUT2D eigenvalue weighted by Gasteiger charge is -2.41. The Hall–Kier alpha value is -2.39. The van der Waals surface area contributed by atoms with Crippen molar-refractivity contribution in [3.05, 3.63) is 24.1 Å². The fourth-order valence-corrected chi connectivity index (χ4v) is 4.00. The molecule has 9 heteroatoms. The van der Waals surface area contributed by atoms with E-state index in [1.165, 1.54) is 11.1 Å². The monoisotopic (exact) mass is 404 g/mol. The molecule has 8 nitrogen and oxygen atoms in total. The lowest BCUT2D eigenvalue weighted by molar-refractivity contribution is -0.143. The van der Waals surface area contributed by atoms with E-state index in [1.54, 1.807) is 26.1 Å². The maximum absolute atomic E-state index is 13.2. The van der Waals surface area contributed by atoms with E-state index < -0.39 is 31.3 Å². The van der Waals surface area contributed by atoms with Crippen molar-refractivity contribution in [2.45, 2.75) is 38.0 Å². The van der Waals surface area contributed by atoms with Crippen LogP contribution in [0, 0.1) is 0 Å². The van der Waals surface area contributed by atoms with E-state index in [0.717, 1.165) is 10.9 Å². The third kappa shape index (κ3) is 3.77. The second-order valence-electron chi connectivity index (χ2n) is 8.69. The molecule has 1 unspecified atom stereocenters. The normalized spacial score (nSPS) is 21.0. The summed E-state index contributed by atoms with van der Waals surface area (Å²) in [6.07, 6.45) is 1.37. The molecule has 1 atom stereocenters. The van der Waals surface area contributed by atoms with Gasteiger partial charge in [-0.05, 0) is 19.0 Å². The van der Waals surface area contributed by atoms with Gasteiger partial charge in [-0.25, -0.2) is 14.7 Å². The summed E-state index contributed by atoms with van der Waals surface area (Å²) in [5, 5.41) is 12.3. The highest BCUT2D eigenvalue weighted by molar-refractivity contribution is 6.76. The fourth-order valence-electron chi connectivity index (χ4n) is 3.24. The van der Waals surface area contributed by atoms with Crippen LogP contribution in [0.15, 0.2) is 22.7 Å². The van der Waals surface area contributed by atoms with Gasteiger partial charge in [0.05, 0.1) is 5.39 Å². The van der Waals surface area contributed by atoms with Gasteiger partial charge in [-0.3, -0.25) is 9.90 Å². The van der Waals surface area contributed by atoms with Crippen molar-refractivity contribution in [1.29, 1.82) is 0 Å². The van der Waals surface area contributed by atoms with Gasteiger partial charge >= 0.3 is 6.03 Å². The van der Waals surface area contributed by atoms with Gasteiger partial charge in [0.25, 0.3) is 5.88 Å². The highest BCUT2D eigenvalue weighted by Crippen LogP contribution is 2.37. The second-order valence-corrected chi connectivity index (χ2v) is 14.3. The number of pyridine rings is 1. The van der Waals surface area contributed by atoms with Crippen LogP contribution in [0.5, 0.6) is 5.88 Å². The van der Waals surface area contributed by atoms with Crippen LogP contribution in [0.3, 0.4) is 0 Å². The molecule has 1 aliphatic rings. The molecule has 0 aliphatic carbocycles. The van der Waals surface area contributed by atoms with Crippen molar-refractivity contribution in [3.63, 3.8) is 0 Å². The summed E-state index contributed by atoms with van der Waals surface area (Å²) >= 11 is 0. The maximum Gasteiger partial charge on any atom is 0.328 e. The van der Waals surface area contributed by atoms with Gasteiger partial charge in [0, 0.05) is 40.5 Å². The first-order valence-electron chi connectivity index (χ1n) is 9.24. The molecule has 3 rings (SSSR count). The Morgan fingerprint density at radius 1 is 1.32 bits per heavy atom. The van der Waals surface area contributed by atoms with Crippen molar-refractivity contribution in [3.8, 4) is 5.88 Å². The lowest BCUT2D eigenvalue weighted by Crippen LogP contribution is -2.62. The molecule has 3 heterocycles. The molecule has 2 aromatic heterocycles. The molecule has 151 valence electrons. The van der Waals surface area contributed by atoms with Crippen molar-refractivity contribution < 1.29 is 23.8 Å². The fraction of sp³-hybridized carbons (Fsp3) is 0.526. The van der Waals surface area contributed by atoms with E-state index in [-0.39, 0.29) is 13.3 Å². The Kier molecular flexibility index (Phi) is 5.24. The summed E-state index contributed by atoms with van der Waals surface area (Å²) in [6, 6.07) is 3.68. The molecule has 1 radical (unpaired) electrons. The molecule has 0 saturated carbocycles. The Balaban J connectivity index is 1.84. The number of imide groups is 1. The minimum Gasteiger partial charge on any atom is -0.460 e. The van der Waals surface area contributed by atoms with Gasteiger partial charge in [-0.15, -0.1) is 0 Å².